The highest BCUT2D eigenvalue weighted by molar-refractivity contribution is 5.98. The molecule has 8 heteroatoms. The minimum absolute atomic E-state index is 0.0631. The Morgan fingerprint density at radius 3 is 2.72 bits per heavy atom. The molecule has 1 N–H and O–H groups in total. The van der Waals surface area contributed by atoms with Crippen LogP contribution in [-0.4, -0.2) is 91.6 Å². The third-order valence-electron chi connectivity index (χ3n) is 7.33. The van der Waals surface area contributed by atoms with Crippen molar-refractivity contribution in [2.75, 3.05) is 53.6 Å². The number of ether oxygens (including phenoxy) is 3. The zero-order chi connectivity index (χ0) is 25.7. The summed E-state index contributed by atoms with van der Waals surface area (Å²) in [5.41, 5.74) is 2.13. The van der Waals surface area contributed by atoms with Gasteiger partial charge >= 0.3 is 0 Å². The molecule has 2 aromatic rings. The Bertz CT molecular complexity index is 1030. The Hall–Kier alpha value is -2.68. The van der Waals surface area contributed by atoms with Crippen molar-refractivity contribution in [1.29, 1.82) is 0 Å². The number of carbonyl (C=O) groups excluding carboxylic acids is 1. The number of methoxy groups -OCH3 is 1. The number of likely N-dealkylation sites (N-methyl/N-ethyl adjacent to an activating group) is 1. The molecule has 0 aliphatic carbocycles. The van der Waals surface area contributed by atoms with Crippen molar-refractivity contribution in [2.24, 2.45) is 11.8 Å². The van der Waals surface area contributed by atoms with Crippen molar-refractivity contribution in [2.45, 2.75) is 38.8 Å². The molecule has 196 valence electrons. The first kappa shape index (κ1) is 26.4. The highest BCUT2D eigenvalue weighted by Gasteiger charge is 2.34. The van der Waals surface area contributed by atoms with Gasteiger partial charge in [-0.2, -0.15) is 0 Å². The van der Waals surface area contributed by atoms with Crippen LogP contribution in [0.25, 0.3) is 11.1 Å². The molecular formula is C28H39N3O5. The second-order valence-corrected chi connectivity index (χ2v) is 10.2. The molecule has 3 heterocycles. The number of hydrogen-bond donors (Lipinski definition) is 1. The summed E-state index contributed by atoms with van der Waals surface area (Å²) in [6, 6.07) is 9.20. The van der Waals surface area contributed by atoms with Gasteiger partial charge < -0.3 is 29.1 Å². The zero-order valence-corrected chi connectivity index (χ0v) is 21.9. The Labute approximate surface area is 214 Å². The normalized spacial score (nSPS) is 21.9. The molecule has 1 aromatic heterocycles. The van der Waals surface area contributed by atoms with Gasteiger partial charge in [-0.25, -0.2) is 4.98 Å². The third-order valence-corrected chi connectivity index (χ3v) is 7.33. The molecule has 2 aliphatic heterocycles. The van der Waals surface area contributed by atoms with Gasteiger partial charge in [-0.1, -0.05) is 19.1 Å². The van der Waals surface area contributed by atoms with E-state index in [-0.39, 0.29) is 30.6 Å². The summed E-state index contributed by atoms with van der Waals surface area (Å²) in [4.78, 5) is 22.4. The highest BCUT2D eigenvalue weighted by atomic mass is 16.5. The van der Waals surface area contributed by atoms with E-state index in [9.17, 15) is 9.90 Å². The quantitative estimate of drug-likeness (QED) is 0.599. The third kappa shape index (κ3) is 6.17. The van der Waals surface area contributed by atoms with Gasteiger partial charge in [0.25, 0.3) is 5.91 Å². The van der Waals surface area contributed by atoms with E-state index in [1.54, 1.807) is 18.2 Å². The van der Waals surface area contributed by atoms with Crippen molar-refractivity contribution >= 4 is 5.91 Å². The van der Waals surface area contributed by atoms with Crippen LogP contribution in [0.2, 0.25) is 0 Å². The molecule has 1 fully saturated rings. The number of nitrogens with zero attached hydrogens (tertiary/aromatic N) is 3. The molecule has 0 radical (unpaired) electrons. The maximum absolute atomic E-state index is 13.7. The van der Waals surface area contributed by atoms with Crippen LogP contribution in [-0.2, 0) is 4.74 Å². The molecule has 2 aliphatic rings. The maximum atomic E-state index is 13.7. The standard InChI is InChI=1S/C28H39N3O5/c1-19-15-31(20(2)18-32)28(33)25-13-23(22-6-5-7-24(12-22)34-4)14-29-27(25)36-26(19)17-30(3)16-21-8-10-35-11-9-21/h5-7,12-14,19-21,26,32H,8-11,15-18H2,1-4H3/t19-,20+,26-/m0/s1. The summed E-state index contributed by atoms with van der Waals surface area (Å²) in [5.74, 6) is 1.59. The molecular weight excluding hydrogens is 458 g/mol. The fraction of sp³-hybridized carbons (Fsp3) is 0.571. The summed E-state index contributed by atoms with van der Waals surface area (Å²) in [7, 11) is 3.76. The molecule has 3 atom stereocenters. The van der Waals surface area contributed by atoms with Crippen molar-refractivity contribution in [3.63, 3.8) is 0 Å². The van der Waals surface area contributed by atoms with E-state index in [1.165, 1.54) is 0 Å². The summed E-state index contributed by atoms with van der Waals surface area (Å²) in [5, 5.41) is 9.91. The van der Waals surface area contributed by atoms with Gasteiger partial charge in [0.15, 0.2) is 0 Å². The predicted molar refractivity (Wildman–Crippen MR) is 138 cm³/mol. The topological polar surface area (TPSA) is 84.4 Å². The summed E-state index contributed by atoms with van der Waals surface area (Å²) >= 11 is 0. The van der Waals surface area contributed by atoms with Crippen LogP contribution >= 0.6 is 0 Å². The van der Waals surface area contributed by atoms with Crippen LogP contribution in [0.15, 0.2) is 36.5 Å². The van der Waals surface area contributed by atoms with E-state index in [4.69, 9.17) is 14.2 Å². The van der Waals surface area contributed by atoms with Crippen LogP contribution < -0.4 is 9.47 Å². The van der Waals surface area contributed by atoms with Gasteiger partial charge in [0.05, 0.1) is 19.8 Å². The van der Waals surface area contributed by atoms with Crippen molar-refractivity contribution < 1.29 is 24.1 Å². The number of benzene rings is 1. The first-order chi connectivity index (χ1) is 17.4. The molecule has 36 heavy (non-hydrogen) atoms. The average Bonchev–Trinajstić information content (AvgIpc) is 2.90. The highest BCUT2D eigenvalue weighted by Crippen LogP contribution is 2.31. The molecule has 1 amide bonds. The Morgan fingerprint density at radius 1 is 1.22 bits per heavy atom. The second kappa shape index (κ2) is 12.0. The second-order valence-electron chi connectivity index (χ2n) is 10.2. The lowest BCUT2D eigenvalue weighted by Gasteiger charge is -2.38. The number of aromatic nitrogens is 1. The van der Waals surface area contributed by atoms with E-state index in [2.05, 4.69) is 23.9 Å². The van der Waals surface area contributed by atoms with Gasteiger partial charge in [-0.15, -0.1) is 0 Å². The largest absolute Gasteiger partial charge is 0.497 e. The molecule has 0 unspecified atom stereocenters. The number of hydrogen-bond acceptors (Lipinski definition) is 7. The van der Waals surface area contributed by atoms with Gasteiger partial charge in [-0.05, 0) is 56.5 Å². The van der Waals surface area contributed by atoms with Gasteiger partial charge in [-0.3, -0.25) is 4.79 Å². The number of carbonyl (C=O) groups is 1. The number of fused-ring (bicyclic) bond motifs is 1. The van der Waals surface area contributed by atoms with E-state index in [1.807, 2.05) is 37.3 Å². The fourth-order valence-electron chi connectivity index (χ4n) is 5.03. The Morgan fingerprint density at radius 2 is 2.00 bits per heavy atom. The van der Waals surface area contributed by atoms with E-state index in [0.717, 1.165) is 56.0 Å². The molecule has 1 saturated heterocycles. The summed E-state index contributed by atoms with van der Waals surface area (Å²) in [6.07, 6.45) is 3.76. The molecule has 0 bridgehead atoms. The van der Waals surface area contributed by atoms with Gasteiger partial charge in [0.2, 0.25) is 5.88 Å². The lowest BCUT2D eigenvalue weighted by molar-refractivity contribution is 0.0254. The molecule has 0 saturated carbocycles. The SMILES string of the molecule is COc1cccc(-c2cnc3c(c2)C(=O)N([C@H](C)CO)C[C@H](C)[C@H](CN(C)CC2CCOCC2)O3)c1. The fourth-order valence-corrected chi connectivity index (χ4v) is 5.03. The first-order valence-corrected chi connectivity index (χ1v) is 12.9. The maximum Gasteiger partial charge on any atom is 0.259 e. The van der Waals surface area contributed by atoms with E-state index >= 15 is 0 Å². The molecule has 1 aromatic carbocycles. The Kier molecular flexibility index (Phi) is 8.82. The number of aliphatic hydroxyl groups excluding tert-OH is 1. The zero-order valence-electron chi connectivity index (χ0n) is 21.9. The van der Waals surface area contributed by atoms with E-state index in [0.29, 0.717) is 23.9 Å². The van der Waals surface area contributed by atoms with Crippen molar-refractivity contribution in [3.05, 3.63) is 42.1 Å². The molecule has 8 nitrogen and oxygen atoms in total. The average molecular weight is 498 g/mol. The predicted octanol–water partition coefficient (Wildman–Crippen LogP) is 3.34. The lowest BCUT2D eigenvalue weighted by atomic mass is 9.97. The first-order valence-electron chi connectivity index (χ1n) is 12.9. The minimum atomic E-state index is -0.313. The number of amides is 1. The molecule has 4 rings (SSSR count). The van der Waals surface area contributed by atoms with Crippen LogP contribution in [0.4, 0.5) is 0 Å². The molecule has 0 spiro atoms. The van der Waals surface area contributed by atoms with Crippen LogP contribution in [0.5, 0.6) is 11.6 Å². The smallest absolute Gasteiger partial charge is 0.259 e. The van der Waals surface area contributed by atoms with Crippen molar-refractivity contribution in [1.82, 2.24) is 14.8 Å². The lowest BCUT2D eigenvalue weighted by Crippen LogP contribution is -2.50. The van der Waals surface area contributed by atoms with Crippen LogP contribution in [0, 0.1) is 11.8 Å². The number of rotatable bonds is 8. The number of aliphatic hydroxyl groups is 1. The Balaban J connectivity index is 1.63. The summed E-state index contributed by atoms with van der Waals surface area (Å²) in [6.45, 7) is 7.75. The summed E-state index contributed by atoms with van der Waals surface area (Å²) < 4.78 is 17.3. The van der Waals surface area contributed by atoms with Crippen LogP contribution in [0.3, 0.4) is 0 Å². The minimum Gasteiger partial charge on any atom is -0.497 e. The van der Waals surface area contributed by atoms with Crippen molar-refractivity contribution in [3.8, 4) is 22.8 Å². The van der Waals surface area contributed by atoms with E-state index < -0.39 is 0 Å². The van der Waals surface area contributed by atoms with Gasteiger partial charge in [0.1, 0.15) is 17.4 Å². The van der Waals surface area contributed by atoms with Crippen LogP contribution in [0.1, 0.15) is 37.0 Å². The van der Waals surface area contributed by atoms with Gasteiger partial charge in [0, 0.05) is 50.5 Å². The number of pyridine rings is 1. The monoisotopic (exact) mass is 497 g/mol.